The van der Waals surface area contributed by atoms with Gasteiger partial charge in [0.1, 0.15) is 4.90 Å². The molecular formula is C18H18ClN3O3S2. The molecule has 27 heavy (non-hydrogen) atoms. The van der Waals surface area contributed by atoms with E-state index >= 15 is 0 Å². The quantitative estimate of drug-likeness (QED) is 0.655. The van der Waals surface area contributed by atoms with Crippen molar-refractivity contribution < 1.29 is 13.2 Å². The number of nitrogens with one attached hydrogen (secondary N) is 2. The molecule has 2 N–H and O–H groups in total. The van der Waals surface area contributed by atoms with E-state index < -0.39 is 21.5 Å². The molecule has 3 rings (SSSR count). The van der Waals surface area contributed by atoms with Crippen LogP contribution in [0.1, 0.15) is 31.1 Å². The minimum absolute atomic E-state index is 0.0447. The number of para-hydroxylation sites is 1. The Morgan fingerprint density at radius 1 is 1.15 bits per heavy atom. The van der Waals surface area contributed by atoms with Crippen LogP contribution in [0.4, 0.5) is 5.13 Å². The van der Waals surface area contributed by atoms with E-state index in [0.717, 1.165) is 10.2 Å². The van der Waals surface area contributed by atoms with Crippen molar-refractivity contribution >= 4 is 54.2 Å². The van der Waals surface area contributed by atoms with Crippen LogP contribution in [0.3, 0.4) is 0 Å². The first-order valence-corrected chi connectivity index (χ1v) is 10.7. The molecule has 0 aliphatic carbocycles. The van der Waals surface area contributed by atoms with Gasteiger partial charge in [-0.3, -0.25) is 10.1 Å². The lowest BCUT2D eigenvalue weighted by atomic mass is 10.1. The van der Waals surface area contributed by atoms with Gasteiger partial charge in [-0.25, -0.2) is 18.1 Å². The molecule has 1 amide bonds. The largest absolute Gasteiger partial charge is 0.298 e. The predicted octanol–water partition coefficient (Wildman–Crippen LogP) is 4.28. The van der Waals surface area contributed by atoms with E-state index in [2.05, 4.69) is 15.0 Å². The Kier molecular flexibility index (Phi) is 5.27. The maximum absolute atomic E-state index is 12.6. The summed E-state index contributed by atoms with van der Waals surface area (Å²) in [6.07, 6.45) is 0. The molecule has 0 aliphatic heterocycles. The van der Waals surface area contributed by atoms with Gasteiger partial charge in [-0.05, 0) is 51.1 Å². The van der Waals surface area contributed by atoms with Crippen LogP contribution in [-0.2, 0) is 10.0 Å². The van der Waals surface area contributed by atoms with E-state index in [9.17, 15) is 13.2 Å². The average molecular weight is 424 g/mol. The van der Waals surface area contributed by atoms with Crippen LogP contribution in [0, 0.1) is 0 Å². The molecule has 6 nitrogen and oxygen atoms in total. The molecule has 9 heteroatoms. The topological polar surface area (TPSA) is 88.2 Å². The van der Waals surface area contributed by atoms with Gasteiger partial charge in [0, 0.05) is 11.1 Å². The summed E-state index contributed by atoms with van der Waals surface area (Å²) in [6, 6.07) is 11.7. The Hall–Kier alpha value is -2.00. The number of nitrogens with zero attached hydrogens (tertiary/aromatic N) is 1. The molecule has 0 spiro atoms. The number of benzene rings is 2. The zero-order valence-electron chi connectivity index (χ0n) is 14.9. The van der Waals surface area contributed by atoms with Crippen LogP contribution in [0.25, 0.3) is 10.2 Å². The number of halogens is 1. The van der Waals surface area contributed by atoms with Crippen molar-refractivity contribution in [2.24, 2.45) is 0 Å². The number of amides is 1. The van der Waals surface area contributed by atoms with Crippen molar-refractivity contribution in [2.45, 2.75) is 31.2 Å². The zero-order chi connectivity index (χ0) is 19.8. The lowest BCUT2D eigenvalue weighted by Crippen LogP contribution is -2.40. The van der Waals surface area contributed by atoms with Crippen molar-refractivity contribution in [1.82, 2.24) is 9.71 Å². The first-order chi connectivity index (χ1) is 12.5. The van der Waals surface area contributed by atoms with Gasteiger partial charge >= 0.3 is 0 Å². The summed E-state index contributed by atoms with van der Waals surface area (Å²) in [6.45, 7) is 5.17. The minimum Gasteiger partial charge on any atom is -0.298 e. The molecule has 0 radical (unpaired) electrons. The molecule has 0 unspecified atom stereocenters. The van der Waals surface area contributed by atoms with E-state index in [1.807, 2.05) is 24.3 Å². The van der Waals surface area contributed by atoms with E-state index in [-0.39, 0.29) is 15.5 Å². The number of carbonyl (C=O) groups is 1. The second-order valence-corrected chi connectivity index (χ2v) is 10.0. The molecule has 0 saturated carbocycles. The Balaban J connectivity index is 1.89. The van der Waals surface area contributed by atoms with Crippen molar-refractivity contribution in [2.75, 3.05) is 5.32 Å². The standard InChI is InChI=1S/C18H18ClN3O3S2/c1-18(2,3)22-27(24,25)15-10-11(8-9-12(15)19)16(23)21-17-20-13-6-4-5-7-14(13)26-17/h4-10,22H,1-3H3,(H,20,21,23). The molecule has 0 saturated heterocycles. The third-order valence-electron chi connectivity index (χ3n) is 3.44. The monoisotopic (exact) mass is 423 g/mol. The Bertz CT molecular complexity index is 1090. The van der Waals surface area contributed by atoms with E-state index in [1.165, 1.54) is 29.5 Å². The zero-order valence-corrected chi connectivity index (χ0v) is 17.3. The van der Waals surface area contributed by atoms with Gasteiger partial charge in [0.15, 0.2) is 5.13 Å². The Labute approximate surface area is 166 Å². The normalized spacial score (nSPS) is 12.3. The molecule has 0 bridgehead atoms. The second-order valence-electron chi connectivity index (χ2n) is 6.94. The molecule has 2 aromatic carbocycles. The summed E-state index contributed by atoms with van der Waals surface area (Å²) in [7, 11) is -3.87. The number of anilines is 1. The van der Waals surface area contributed by atoms with Crippen molar-refractivity contribution in [1.29, 1.82) is 0 Å². The predicted molar refractivity (Wildman–Crippen MR) is 109 cm³/mol. The third-order valence-corrected chi connectivity index (χ3v) is 6.63. The van der Waals surface area contributed by atoms with Crippen LogP contribution in [0.15, 0.2) is 47.4 Å². The fourth-order valence-corrected chi connectivity index (χ4v) is 5.21. The van der Waals surface area contributed by atoms with Crippen LogP contribution >= 0.6 is 22.9 Å². The summed E-state index contributed by atoms with van der Waals surface area (Å²) in [5.41, 5.74) is 0.279. The summed E-state index contributed by atoms with van der Waals surface area (Å²) < 4.78 is 28.6. The molecular weight excluding hydrogens is 406 g/mol. The maximum Gasteiger partial charge on any atom is 0.257 e. The number of aromatic nitrogens is 1. The number of hydrogen-bond donors (Lipinski definition) is 2. The van der Waals surface area contributed by atoms with Gasteiger partial charge in [0.05, 0.1) is 15.2 Å². The fourth-order valence-electron chi connectivity index (χ4n) is 2.40. The third kappa shape index (κ3) is 4.65. The van der Waals surface area contributed by atoms with Crippen LogP contribution in [-0.4, -0.2) is 24.8 Å². The molecule has 1 aromatic heterocycles. The highest BCUT2D eigenvalue weighted by molar-refractivity contribution is 7.89. The number of thiazole rings is 1. The highest BCUT2D eigenvalue weighted by Crippen LogP contribution is 2.27. The van der Waals surface area contributed by atoms with Gasteiger partial charge < -0.3 is 0 Å². The molecule has 0 fully saturated rings. The molecule has 0 atom stereocenters. The highest BCUT2D eigenvalue weighted by atomic mass is 35.5. The summed E-state index contributed by atoms with van der Waals surface area (Å²) in [5, 5.41) is 3.19. The number of carbonyl (C=O) groups excluding carboxylic acids is 1. The highest BCUT2D eigenvalue weighted by Gasteiger charge is 2.25. The number of rotatable bonds is 4. The summed E-state index contributed by atoms with van der Waals surface area (Å²) in [5.74, 6) is -0.460. The smallest absolute Gasteiger partial charge is 0.257 e. The Morgan fingerprint density at radius 3 is 2.52 bits per heavy atom. The maximum atomic E-state index is 12.6. The van der Waals surface area contributed by atoms with Gasteiger partial charge in [-0.2, -0.15) is 0 Å². The Morgan fingerprint density at radius 2 is 1.85 bits per heavy atom. The second kappa shape index (κ2) is 7.20. The lowest BCUT2D eigenvalue weighted by Gasteiger charge is -2.21. The SMILES string of the molecule is CC(C)(C)NS(=O)(=O)c1cc(C(=O)Nc2nc3ccccc3s2)ccc1Cl. The van der Waals surface area contributed by atoms with Crippen molar-refractivity contribution in [3.8, 4) is 0 Å². The van der Waals surface area contributed by atoms with E-state index in [1.54, 1.807) is 20.8 Å². The van der Waals surface area contributed by atoms with Crippen molar-refractivity contribution in [3.63, 3.8) is 0 Å². The molecule has 3 aromatic rings. The number of sulfonamides is 1. The van der Waals surface area contributed by atoms with Gasteiger partial charge in [-0.15, -0.1) is 0 Å². The van der Waals surface area contributed by atoms with Crippen LogP contribution in [0.5, 0.6) is 0 Å². The van der Waals surface area contributed by atoms with Crippen LogP contribution < -0.4 is 10.0 Å². The summed E-state index contributed by atoms with van der Waals surface area (Å²) in [4.78, 5) is 16.8. The first kappa shape index (κ1) is 19.8. The minimum atomic E-state index is -3.87. The van der Waals surface area contributed by atoms with Crippen LogP contribution in [0.2, 0.25) is 5.02 Å². The first-order valence-electron chi connectivity index (χ1n) is 8.06. The molecule has 142 valence electrons. The lowest BCUT2D eigenvalue weighted by molar-refractivity contribution is 0.102. The molecule has 1 heterocycles. The number of hydrogen-bond acceptors (Lipinski definition) is 5. The van der Waals surface area contributed by atoms with Gasteiger partial charge in [0.2, 0.25) is 10.0 Å². The van der Waals surface area contributed by atoms with Crippen molar-refractivity contribution in [3.05, 3.63) is 53.1 Å². The fraction of sp³-hybridized carbons (Fsp3) is 0.222. The van der Waals surface area contributed by atoms with E-state index in [0.29, 0.717) is 5.13 Å². The van der Waals surface area contributed by atoms with E-state index in [4.69, 9.17) is 11.6 Å². The molecule has 0 aliphatic rings. The van der Waals surface area contributed by atoms with Gasteiger partial charge in [-0.1, -0.05) is 35.1 Å². The van der Waals surface area contributed by atoms with Gasteiger partial charge in [0.25, 0.3) is 5.91 Å². The number of fused-ring (bicyclic) bond motifs is 1. The average Bonchev–Trinajstić information content (AvgIpc) is 2.94. The summed E-state index contributed by atoms with van der Waals surface area (Å²) >= 11 is 7.41.